The SMILES string of the molecule is CC(C)(C[SiH3])[N-]C1=CC=CC1.CCOCC.[H-].[Zr+2]. The van der Waals surface area contributed by atoms with E-state index in [2.05, 4.69) is 37.4 Å². The molecule has 1 aliphatic rings. The molecule has 4 heteroatoms. The van der Waals surface area contributed by atoms with Crippen molar-refractivity contribution in [1.29, 1.82) is 0 Å². The molecule has 1 rings (SSSR count). The van der Waals surface area contributed by atoms with Gasteiger partial charge in [0.25, 0.3) is 0 Å². The van der Waals surface area contributed by atoms with Crippen LogP contribution in [0.1, 0.15) is 35.5 Å². The molecule has 0 amide bonds. The van der Waals surface area contributed by atoms with Crippen molar-refractivity contribution in [3.63, 3.8) is 0 Å². The molecule has 0 spiro atoms. The van der Waals surface area contributed by atoms with E-state index in [1.165, 1.54) is 22.0 Å². The molecule has 98 valence electrons. The Morgan fingerprint density at radius 3 is 2.29 bits per heavy atom. The van der Waals surface area contributed by atoms with E-state index in [4.69, 9.17) is 4.74 Å². The number of rotatable bonds is 5. The van der Waals surface area contributed by atoms with Gasteiger partial charge >= 0.3 is 26.2 Å². The van der Waals surface area contributed by atoms with Crippen molar-refractivity contribution in [3.8, 4) is 0 Å². The summed E-state index contributed by atoms with van der Waals surface area (Å²) in [4.78, 5) is 0. The van der Waals surface area contributed by atoms with Crippen LogP contribution < -0.4 is 0 Å². The van der Waals surface area contributed by atoms with E-state index in [9.17, 15) is 0 Å². The molecule has 0 aromatic heterocycles. The molecule has 0 saturated carbocycles. The maximum atomic E-state index is 4.83. The van der Waals surface area contributed by atoms with Crippen molar-refractivity contribution in [3.05, 3.63) is 29.2 Å². The minimum absolute atomic E-state index is 0. The van der Waals surface area contributed by atoms with Crippen LogP contribution in [0.15, 0.2) is 23.9 Å². The Morgan fingerprint density at radius 2 is 2.00 bits per heavy atom. The zero-order chi connectivity index (χ0) is 12.4. The third-order valence-electron chi connectivity index (χ3n) is 2.47. The number of hydrogen-bond donors (Lipinski definition) is 0. The van der Waals surface area contributed by atoms with E-state index in [-0.39, 0.29) is 33.2 Å². The minimum atomic E-state index is 0. The molecular formula is C13H27NOSiZr. The largest absolute Gasteiger partial charge is 2.00 e. The fourth-order valence-corrected chi connectivity index (χ4v) is 1.35. The molecular weight excluding hydrogens is 305 g/mol. The summed E-state index contributed by atoms with van der Waals surface area (Å²) in [5.74, 6) is 0. The van der Waals surface area contributed by atoms with Crippen molar-refractivity contribution in [2.24, 2.45) is 0 Å². The van der Waals surface area contributed by atoms with Crippen molar-refractivity contribution in [2.45, 2.75) is 45.7 Å². The van der Waals surface area contributed by atoms with E-state index in [0.29, 0.717) is 0 Å². The third-order valence-corrected chi connectivity index (χ3v) is 4.20. The van der Waals surface area contributed by atoms with E-state index in [1.807, 2.05) is 13.8 Å². The summed E-state index contributed by atoms with van der Waals surface area (Å²) in [6.45, 7) is 10.1. The average molecular weight is 333 g/mol. The first kappa shape index (κ1) is 19.7. The van der Waals surface area contributed by atoms with E-state index in [0.717, 1.165) is 19.6 Å². The van der Waals surface area contributed by atoms with Crippen LogP contribution in [-0.2, 0) is 30.9 Å². The molecule has 1 aliphatic carbocycles. The number of ether oxygens (including phenoxy) is 1. The van der Waals surface area contributed by atoms with Crippen LogP contribution in [0.3, 0.4) is 0 Å². The van der Waals surface area contributed by atoms with Gasteiger partial charge in [0.15, 0.2) is 0 Å². The average Bonchev–Trinajstić information content (AvgIpc) is 2.72. The third kappa shape index (κ3) is 11.2. The Hall–Kier alpha value is 0.340. The normalized spacial score (nSPS) is 13.5. The van der Waals surface area contributed by atoms with E-state index in [1.54, 1.807) is 0 Å². The zero-order valence-corrected chi connectivity index (χ0v) is 16.4. The first-order valence-electron chi connectivity index (χ1n) is 6.22. The predicted molar refractivity (Wildman–Crippen MR) is 77.3 cm³/mol. The monoisotopic (exact) mass is 331 g/mol. The number of hydrogen-bond acceptors (Lipinski definition) is 1. The molecule has 0 aromatic carbocycles. The molecule has 0 radical (unpaired) electrons. The molecule has 0 N–H and O–H groups in total. The van der Waals surface area contributed by atoms with Crippen LogP contribution in [0.25, 0.3) is 5.32 Å². The van der Waals surface area contributed by atoms with Gasteiger partial charge in [0, 0.05) is 23.5 Å². The van der Waals surface area contributed by atoms with E-state index < -0.39 is 0 Å². The van der Waals surface area contributed by atoms with Gasteiger partial charge in [0.2, 0.25) is 0 Å². The second-order valence-corrected chi connectivity index (χ2v) is 5.06. The van der Waals surface area contributed by atoms with Crippen molar-refractivity contribution in [1.82, 2.24) is 0 Å². The summed E-state index contributed by atoms with van der Waals surface area (Å²) in [6.07, 6.45) is 7.38. The first-order valence-corrected chi connectivity index (χ1v) is 7.63. The Kier molecular flexibility index (Phi) is 13.2. The summed E-state index contributed by atoms with van der Waals surface area (Å²) >= 11 is 0. The number of nitrogens with zero attached hydrogens (tertiary/aromatic N) is 1. The summed E-state index contributed by atoms with van der Waals surface area (Å²) in [5.41, 5.74) is 1.43. The number of allylic oxidation sites excluding steroid dienone is 3. The maximum absolute atomic E-state index is 4.83. The zero-order valence-electron chi connectivity index (χ0n) is 12.9. The van der Waals surface area contributed by atoms with Crippen LogP contribution in [0.4, 0.5) is 0 Å². The van der Waals surface area contributed by atoms with Crippen molar-refractivity contribution in [2.75, 3.05) is 13.2 Å². The van der Waals surface area contributed by atoms with Gasteiger partial charge in [-0.05, 0) is 20.3 Å². The quantitative estimate of drug-likeness (QED) is 0.710. The fraction of sp³-hybridized carbons (Fsp3) is 0.692. The maximum Gasteiger partial charge on any atom is 2.00 e. The molecule has 0 heterocycles. The van der Waals surface area contributed by atoms with Gasteiger partial charge in [-0.3, -0.25) is 0 Å². The summed E-state index contributed by atoms with van der Waals surface area (Å²) in [7, 11) is 1.24. The Bertz CT molecular complexity index is 243. The van der Waals surface area contributed by atoms with Gasteiger partial charge in [0.1, 0.15) is 0 Å². The predicted octanol–water partition coefficient (Wildman–Crippen LogP) is 2.92. The Labute approximate surface area is 130 Å². The second-order valence-electron chi connectivity index (χ2n) is 4.35. The first-order chi connectivity index (χ1) is 7.55. The van der Waals surface area contributed by atoms with Gasteiger partial charge in [-0.15, -0.1) is 5.54 Å². The van der Waals surface area contributed by atoms with Gasteiger partial charge in [-0.1, -0.05) is 38.1 Å². The van der Waals surface area contributed by atoms with Gasteiger partial charge in [0.05, 0.1) is 0 Å². The molecule has 0 aromatic rings. The van der Waals surface area contributed by atoms with Gasteiger partial charge in [-0.2, -0.15) is 5.70 Å². The molecule has 0 unspecified atom stereocenters. The summed E-state index contributed by atoms with van der Waals surface area (Å²) < 4.78 is 4.83. The van der Waals surface area contributed by atoms with Crippen LogP contribution in [0.5, 0.6) is 0 Å². The summed E-state index contributed by atoms with van der Waals surface area (Å²) in [5, 5.41) is 4.66. The smallest absolute Gasteiger partial charge is 1.00 e. The fourth-order valence-electron chi connectivity index (χ4n) is 1.19. The van der Waals surface area contributed by atoms with Crippen LogP contribution in [-0.4, -0.2) is 29.0 Å². The molecule has 0 atom stereocenters. The topological polar surface area (TPSA) is 23.3 Å². The van der Waals surface area contributed by atoms with Crippen molar-refractivity contribution < 1.29 is 32.4 Å². The van der Waals surface area contributed by atoms with Crippen LogP contribution >= 0.6 is 0 Å². The standard InChI is InChI=1S/C9H16NSi.C4H10O.Zr.H/c1-9(2,7-11)10-8-5-3-4-6-8;1-3-5-4-2;;/h3-5H,6-7H2,1-2,11H3;3-4H2,1-2H3;;/q-1;;+2;-1. The molecule has 0 fully saturated rings. The Morgan fingerprint density at radius 1 is 1.41 bits per heavy atom. The summed E-state index contributed by atoms with van der Waals surface area (Å²) in [6, 6.07) is 1.24. The van der Waals surface area contributed by atoms with Crippen LogP contribution in [0, 0.1) is 0 Å². The molecule has 0 aliphatic heterocycles. The van der Waals surface area contributed by atoms with E-state index >= 15 is 0 Å². The second kappa shape index (κ2) is 11.4. The molecule has 2 nitrogen and oxygen atoms in total. The molecule has 17 heavy (non-hydrogen) atoms. The minimum Gasteiger partial charge on any atom is -1.00 e. The van der Waals surface area contributed by atoms with Gasteiger partial charge in [-0.25, -0.2) is 0 Å². The van der Waals surface area contributed by atoms with Gasteiger partial charge < -0.3 is 11.5 Å². The Balaban J connectivity index is -0.000000282. The molecule has 0 bridgehead atoms. The van der Waals surface area contributed by atoms with Crippen molar-refractivity contribution >= 4 is 10.2 Å². The van der Waals surface area contributed by atoms with Crippen LogP contribution in [0.2, 0.25) is 6.04 Å². The molecule has 0 saturated heterocycles.